The van der Waals surface area contributed by atoms with Crippen LogP contribution < -0.4 is 5.32 Å². The number of nitrogens with zero attached hydrogens (tertiary/aromatic N) is 2. The highest BCUT2D eigenvalue weighted by Gasteiger charge is 2.38. The van der Waals surface area contributed by atoms with Gasteiger partial charge in [-0.1, -0.05) is 6.07 Å². The van der Waals surface area contributed by atoms with Crippen LogP contribution in [0, 0.1) is 0 Å². The Morgan fingerprint density at radius 3 is 2.52 bits per heavy atom. The van der Waals surface area contributed by atoms with Crippen LogP contribution in [0.3, 0.4) is 0 Å². The second-order valence-electron chi connectivity index (χ2n) is 4.13. The minimum atomic E-state index is -5.08. The monoisotopic (exact) mass is 301 g/mol. The van der Waals surface area contributed by atoms with Crippen molar-refractivity contribution in [1.29, 1.82) is 0 Å². The van der Waals surface area contributed by atoms with E-state index in [0.29, 0.717) is 5.89 Å². The minimum absolute atomic E-state index is 0.583. The minimum Gasteiger partial charge on any atom is -0.475 e. The number of nitrogens with one attached hydrogen (secondary N) is 1. The molecule has 2 N–H and O–H groups in total. The van der Waals surface area contributed by atoms with E-state index in [0.717, 1.165) is 18.7 Å². The third kappa shape index (κ3) is 3.78. The number of carboxylic acids is 1. The summed E-state index contributed by atoms with van der Waals surface area (Å²) >= 11 is 0. The van der Waals surface area contributed by atoms with Gasteiger partial charge in [0.05, 0.1) is 0 Å². The van der Waals surface area contributed by atoms with Gasteiger partial charge in [-0.25, -0.2) is 4.79 Å². The fourth-order valence-corrected chi connectivity index (χ4v) is 1.73. The number of alkyl halides is 3. The number of fused-ring (bicyclic) bond motifs is 1. The van der Waals surface area contributed by atoms with Gasteiger partial charge >= 0.3 is 12.1 Å². The second kappa shape index (κ2) is 5.92. The zero-order valence-corrected chi connectivity index (χ0v) is 10.5. The molecule has 3 rings (SSSR count). The molecule has 0 amide bonds. The molecule has 0 saturated carbocycles. The summed E-state index contributed by atoms with van der Waals surface area (Å²) in [5.41, 5.74) is 3.67. The Kier molecular flexibility index (Phi) is 4.22. The normalized spacial score (nSPS) is 13.3. The van der Waals surface area contributed by atoms with E-state index in [1.165, 1.54) is 17.5 Å². The van der Waals surface area contributed by atoms with Crippen molar-refractivity contribution >= 4 is 5.97 Å². The molecule has 21 heavy (non-hydrogen) atoms. The Hall–Kier alpha value is -2.42. The Morgan fingerprint density at radius 2 is 1.95 bits per heavy atom. The average molecular weight is 301 g/mol. The number of aliphatic carboxylic acids is 1. The van der Waals surface area contributed by atoms with Crippen molar-refractivity contribution in [2.75, 3.05) is 0 Å². The van der Waals surface area contributed by atoms with Crippen LogP contribution in [0.1, 0.15) is 11.1 Å². The molecule has 0 aliphatic carbocycles. The van der Waals surface area contributed by atoms with Gasteiger partial charge in [0.15, 0.2) is 0 Å². The third-order valence-corrected chi connectivity index (χ3v) is 2.69. The number of halogens is 3. The van der Waals surface area contributed by atoms with Gasteiger partial charge in [-0.2, -0.15) is 13.2 Å². The standard InChI is InChI=1S/C10H9N3O.C2HF3O2/c1-2-8-4-11-5-9(8)3-7(1)10-13-12-6-14-10;3-2(4,5)1(6)7/h1-3,6,11H,4-5H2;(H,6,7). The SMILES string of the molecule is O=C(O)C(F)(F)F.c1nnc(-c2ccc3c(c2)CNC3)o1. The first-order chi connectivity index (χ1) is 9.88. The fraction of sp³-hybridized carbons (Fsp3) is 0.250. The van der Waals surface area contributed by atoms with Crippen LogP contribution in [0.15, 0.2) is 29.0 Å². The van der Waals surface area contributed by atoms with Crippen molar-refractivity contribution in [3.8, 4) is 11.5 Å². The van der Waals surface area contributed by atoms with Gasteiger partial charge in [0.1, 0.15) is 0 Å². The number of benzene rings is 1. The van der Waals surface area contributed by atoms with Crippen LogP contribution >= 0.6 is 0 Å². The van der Waals surface area contributed by atoms with E-state index in [1.54, 1.807) is 0 Å². The maximum absolute atomic E-state index is 10.6. The highest BCUT2D eigenvalue weighted by molar-refractivity contribution is 5.73. The van der Waals surface area contributed by atoms with Gasteiger partial charge < -0.3 is 14.8 Å². The molecular formula is C12H10F3N3O3. The van der Waals surface area contributed by atoms with Gasteiger partial charge in [0.2, 0.25) is 12.3 Å². The summed E-state index contributed by atoms with van der Waals surface area (Å²) in [4.78, 5) is 8.90. The third-order valence-electron chi connectivity index (χ3n) is 2.69. The van der Waals surface area contributed by atoms with Gasteiger partial charge in [-0.05, 0) is 23.3 Å². The molecular weight excluding hydrogens is 291 g/mol. The number of hydrogen-bond donors (Lipinski definition) is 2. The van der Waals surface area contributed by atoms with Gasteiger partial charge in [0, 0.05) is 18.7 Å². The molecule has 0 bridgehead atoms. The molecule has 1 aliphatic heterocycles. The molecule has 2 heterocycles. The van der Waals surface area contributed by atoms with Crippen LogP contribution in [-0.4, -0.2) is 27.4 Å². The van der Waals surface area contributed by atoms with Gasteiger partial charge in [0.25, 0.3) is 0 Å². The topological polar surface area (TPSA) is 88.2 Å². The lowest BCUT2D eigenvalue weighted by Gasteiger charge is -1.99. The van der Waals surface area contributed by atoms with E-state index in [9.17, 15) is 13.2 Å². The molecule has 112 valence electrons. The Bertz CT molecular complexity index is 626. The van der Waals surface area contributed by atoms with Crippen LogP contribution in [-0.2, 0) is 17.9 Å². The zero-order chi connectivity index (χ0) is 15.5. The molecule has 0 atom stereocenters. The van der Waals surface area contributed by atoms with E-state index in [1.807, 2.05) is 6.07 Å². The molecule has 6 nitrogen and oxygen atoms in total. The van der Waals surface area contributed by atoms with E-state index in [2.05, 4.69) is 27.6 Å². The predicted octanol–water partition coefficient (Wildman–Crippen LogP) is 1.97. The molecule has 0 unspecified atom stereocenters. The predicted molar refractivity (Wildman–Crippen MR) is 64.0 cm³/mol. The quantitative estimate of drug-likeness (QED) is 0.837. The van der Waals surface area contributed by atoms with Crippen molar-refractivity contribution < 1.29 is 27.5 Å². The summed E-state index contributed by atoms with van der Waals surface area (Å²) in [5, 5.41) is 18.0. The Labute approximate surface area is 116 Å². The van der Waals surface area contributed by atoms with Crippen molar-refractivity contribution in [3.05, 3.63) is 35.7 Å². The zero-order valence-electron chi connectivity index (χ0n) is 10.5. The molecule has 2 aromatic rings. The smallest absolute Gasteiger partial charge is 0.475 e. The summed E-state index contributed by atoms with van der Waals surface area (Å²) < 4.78 is 36.9. The number of carboxylic acid groups (broad SMARTS) is 1. The van der Waals surface area contributed by atoms with Crippen LogP contribution in [0.25, 0.3) is 11.5 Å². The summed E-state index contributed by atoms with van der Waals surface area (Å²) in [6, 6.07) is 6.22. The van der Waals surface area contributed by atoms with Crippen LogP contribution in [0.2, 0.25) is 0 Å². The molecule has 0 fully saturated rings. The van der Waals surface area contributed by atoms with E-state index in [-0.39, 0.29) is 0 Å². The summed E-state index contributed by atoms with van der Waals surface area (Å²) in [7, 11) is 0. The largest absolute Gasteiger partial charge is 0.490 e. The number of aromatic nitrogens is 2. The lowest BCUT2D eigenvalue weighted by atomic mass is 10.1. The molecule has 1 aromatic heterocycles. The molecule has 9 heteroatoms. The maximum atomic E-state index is 10.6. The van der Waals surface area contributed by atoms with Gasteiger partial charge in [-0.15, -0.1) is 10.2 Å². The van der Waals surface area contributed by atoms with Gasteiger partial charge in [-0.3, -0.25) is 0 Å². The second-order valence-corrected chi connectivity index (χ2v) is 4.13. The van der Waals surface area contributed by atoms with Crippen LogP contribution in [0.5, 0.6) is 0 Å². The Morgan fingerprint density at radius 1 is 1.29 bits per heavy atom. The molecule has 1 aliphatic rings. The first-order valence-corrected chi connectivity index (χ1v) is 5.77. The number of hydrogen-bond acceptors (Lipinski definition) is 5. The lowest BCUT2D eigenvalue weighted by molar-refractivity contribution is -0.192. The van der Waals surface area contributed by atoms with E-state index in [4.69, 9.17) is 14.3 Å². The lowest BCUT2D eigenvalue weighted by Crippen LogP contribution is -2.21. The van der Waals surface area contributed by atoms with Crippen molar-refractivity contribution in [3.63, 3.8) is 0 Å². The summed E-state index contributed by atoms with van der Waals surface area (Å²) in [6.07, 6.45) is -3.74. The molecule has 0 saturated heterocycles. The van der Waals surface area contributed by atoms with E-state index < -0.39 is 12.1 Å². The highest BCUT2D eigenvalue weighted by atomic mass is 19.4. The average Bonchev–Trinajstić information content (AvgIpc) is 3.09. The van der Waals surface area contributed by atoms with Crippen molar-refractivity contribution in [2.45, 2.75) is 19.3 Å². The highest BCUT2D eigenvalue weighted by Crippen LogP contribution is 2.23. The van der Waals surface area contributed by atoms with Crippen molar-refractivity contribution in [2.24, 2.45) is 0 Å². The van der Waals surface area contributed by atoms with Crippen LogP contribution in [0.4, 0.5) is 13.2 Å². The first-order valence-electron chi connectivity index (χ1n) is 5.77. The first kappa shape index (κ1) is 15.0. The number of carbonyl (C=O) groups is 1. The molecule has 0 radical (unpaired) electrons. The van der Waals surface area contributed by atoms with Crippen molar-refractivity contribution in [1.82, 2.24) is 15.5 Å². The summed E-state index contributed by atoms with van der Waals surface area (Å²) in [5.74, 6) is -2.17. The Balaban J connectivity index is 0.000000199. The fourth-order valence-electron chi connectivity index (χ4n) is 1.73. The number of rotatable bonds is 1. The van der Waals surface area contributed by atoms with E-state index >= 15 is 0 Å². The molecule has 1 aromatic carbocycles. The summed E-state index contributed by atoms with van der Waals surface area (Å²) in [6.45, 7) is 1.89. The maximum Gasteiger partial charge on any atom is 0.490 e. The molecule has 0 spiro atoms.